The van der Waals surface area contributed by atoms with Crippen LogP contribution in [0, 0.1) is 22.7 Å². The smallest absolute Gasteiger partial charge is 0.201 e. The molecule has 98 valence electrons. The molecule has 6 nitrogen and oxygen atoms in total. The number of hydrazone groups is 1. The van der Waals surface area contributed by atoms with Crippen LogP contribution >= 0.6 is 0 Å². The molecule has 1 aliphatic rings. The molecule has 5 N–H and O–H groups in total. The molecular formula is C13H16N6. The fourth-order valence-corrected chi connectivity index (χ4v) is 1.57. The number of benzene rings is 1. The predicted molar refractivity (Wildman–Crippen MR) is 76.2 cm³/mol. The largest absolute Gasteiger partial charge is 0.383 e. The lowest BCUT2D eigenvalue weighted by atomic mass is 10.2. The van der Waals surface area contributed by atoms with Crippen LogP contribution in [0.1, 0.15) is 12.8 Å². The summed E-state index contributed by atoms with van der Waals surface area (Å²) in [5.74, 6) is 0.418. The Hall–Kier alpha value is -2.55. The molecule has 1 saturated carbocycles. The third kappa shape index (κ3) is 3.71. The maximum atomic E-state index is 8.77. The molecule has 0 aliphatic heterocycles. The Labute approximate surface area is 111 Å². The topological polar surface area (TPSA) is 110 Å². The Bertz CT molecular complexity index is 538. The van der Waals surface area contributed by atoms with Crippen molar-refractivity contribution < 1.29 is 0 Å². The summed E-state index contributed by atoms with van der Waals surface area (Å²) < 4.78 is 0. The van der Waals surface area contributed by atoms with Crippen molar-refractivity contribution in [3.05, 3.63) is 24.3 Å². The number of hydrogen-bond donors (Lipinski definition) is 4. The molecule has 6 heteroatoms. The Morgan fingerprint density at radius 1 is 1.42 bits per heavy atom. The van der Waals surface area contributed by atoms with Crippen LogP contribution in [0.25, 0.3) is 0 Å². The van der Waals surface area contributed by atoms with Gasteiger partial charge in [0.1, 0.15) is 6.07 Å². The van der Waals surface area contributed by atoms with E-state index in [0.717, 1.165) is 23.8 Å². The van der Waals surface area contributed by atoms with Crippen LogP contribution in [0.2, 0.25) is 0 Å². The quantitative estimate of drug-likeness (QED) is 0.353. The molecule has 0 saturated heterocycles. The minimum Gasteiger partial charge on any atom is -0.383 e. The molecule has 2 rings (SSSR count). The Kier molecular flexibility index (Phi) is 3.98. The van der Waals surface area contributed by atoms with E-state index in [2.05, 4.69) is 15.8 Å². The highest BCUT2D eigenvalue weighted by atomic mass is 15.3. The molecule has 0 atom stereocenters. The van der Waals surface area contributed by atoms with Crippen LogP contribution in [0.5, 0.6) is 0 Å². The molecule has 0 spiro atoms. The number of anilines is 2. The lowest BCUT2D eigenvalue weighted by Crippen LogP contribution is -2.22. The number of nitriles is 1. The summed E-state index contributed by atoms with van der Waals surface area (Å²) >= 11 is 0. The zero-order valence-corrected chi connectivity index (χ0v) is 10.5. The minimum atomic E-state index is -0.349. The molecule has 0 amide bonds. The average molecular weight is 256 g/mol. The van der Waals surface area contributed by atoms with E-state index in [1.807, 2.05) is 24.3 Å². The van der Waals surface area contributed by atoms with Gasteiger partial charge in [-0.2, -0.15) is 10.4 Å². The van der Waals surface area contributed by atoms with Crippen molar-refractivity contribution in [1.82, 2.24) is 0 Å². The first kappa shape index (κ1) is 12.9. The number of rotatable bonds is 6. The monoisotopic (exact) mass is 256 g/mol. The van der Waals surface area contributed by atoms with Gasteiger partial charge < -0.3 is 11.1 Å². The normalized spacial score (nSPS) is 14.6. The second-order valence-electron chi connectivity index (χ2n) is 4.47. The summed E-state index contributed by atoms with van der Waals surface area (Å²) in [6.45, 7) is 0.945. The number of amidine groups is 1. The standard InChI is InChI=1S/C13H16N6/c14-7-12(13(15)16)19-18-11-4-2-1-3-10(11)17-8-9-5-6-9/h1-4,9,17-18H,5-6,8H2,(H3,15,16)/b19-12+. The van der Waals surface area contributed by atoms with E-state index in [-0.39, 0.29) is 11.5 Å². The van der Waals surface area contributed by atoms with E-state index in [9.17, 15) is 0 Å². The van der Waals surface area contributed by atoms with Gasteiger partial charge in [0.25, 0.3) is 0 Å². The van der Waals surface area contributed by atoms with Gasteiger partial charge in [-0.05, 0) is 30.9 Å². The van der Waals surface area contributed by atoms with Gasteiger partial charge in [-0.3, -0.25) is 10.8 Å². The van der Waals surface area contributed by atoms with Crippen LogP contribution in [0.3, 0.4) is 0 Å². The molecule has 0 radical (unpaired) electrons. The van der Waals surface area contributed by atoms with Gasteiger partial charge in [0.05, 0.1) is 11.4 Å². The van der Waals surface area contributed by atoms with Crippen LogP contribution < -0.4 is 16.5 Å². The van der Waals surface area contributed by atoms with Gasteiger partial charge in [-0.25, -0.2) is 0 Å². The number of nitrogens with zero attached hydrogens (tertiary/aromatic N) is 2. The van der Waals surface area contributed by atoms with Crippen molar-refractivity contribution in [2.75, 3.05) is 17.3 Å². The van der Waals surface area contributed by atoms with Crippen LogP contribution in [0.4, 0.5) is 11.4 Å². The van der Waals surface area contributed by atoms with Gasteiger partial charge in [0, 0.05) is 6.54 Å². The van der Waals surface area contributed by atoms with Crippen molar-refractivity contribution in [3.63, 3.8) is 0 Å². The van der Waals surface area contributed by atoms with Crippen molar-refractivity contribution >= 4 is 22.9 Å². The molecular weight excluding hydrogens is 240 g/mol. The average Bonchev–Trinajstić information content (AvgIpc) is 3.22. The van der Waals surface area contributed by atoms with Crippen LogP contribution in [0.15, 0.2) is 29.4 Å². The van der Waals surface area contributed by atoms with Gasteiger partial charge in [0.15, 0.2) is 5.84 Å². The summed E-state index contributed by atoms with van der Waals surface area (Å²) in [4.78, 5) is 0. The SMILES string of the molecule is N#C/C(=N\Nc1ccccc1NCC1CC1)C(=N)N. The predicted octanol–water partition coefficient (Wildman–Crippen LogP) is 1.74. The molecule has 1 fully saturated rings. The third-order valence-electron chi connectivity index (χ3n) is 2.85. The van der Waals surface area contributed by atoms with Gasteiger partial charge in [-0.1, -0.05) is 12.1 Å². The van der Waals surface area contributed by atoms with Gasteiger partial charge >= 0.3 is 0 Å². The molecule has 1 aliphatic carbocycles. The second kappa shape index (κ2) is 5.87. The Morgan fingerprint density at radius 3 is 2.68 bits per heavy atom. The van der Waals surface area contributed by atoms with E-state index < -0.39 is 0 Å². The third-order valence-corrected chi connectivity index (χ3v) is 2.85. The lowest BCUT2D eigenvalue weighted by Gasteiger charge is -2.10. The van der Waals surface area contributed by atoms with Crippen LogP contribution in [-0.2, 0) is 0 Å². The Morgan fingerprint density at radius 2 is 2.11 bits per heavy atom. The number of hydrogen-bond acceptors (Lipinski definition) is 5. The zero-order valence-electron chi connectivity index (χ0n) is 10.5. The highest BCUT2D eigenvalue weighted by Crippen LogP contribution is 2.30. The highest BCUT2D eigenvalue weighted by molar-refractivity contribution is 6.45. The zero-order chi connectivity index (χ0) is 13.7. The summed E-state index contributed by atoms with van der Waals surface area (Å²) in [7, 11) is 0. The molecule has 0 unspecified atom stereocenters. The molecule has 0 aromatic heterocycles. The number of para-hydroxylation sites is 2. The van der Waals surface area contributed by atoms with Crippen molar-refractivity contribution in [2.45, 2.75) is 12.8 Å². The molecule has 0 bridgehead atoms. The van der Waals surface area contributed by atoms with Crippen molar-refractivity contribution in [1.29, 1.82) is 10.7 Å². The summed E-state index contributed by atoms with van der Waals surface area (Å²) in [5.41, 5.74) is 9.57. The van der Waals surface area contributed by atoms with E-state index in [0.29, 0.717) is 0 Å². The molecule has 0 heterocycles. The minimum absolute atomic E-state index is 0.128. The van der Waals surface area contributed by atoms with E-state index in [1.54, 1.807) is 6.07 Å². The first-order valence-corrected chi connectivity index (χ1v) is 6.12. The summed E-state index contributed by atoms with van der Waals surface area (Å²) in [6, 6.07) is 9.37. The van der Waals surface area contributed by atoms with E-state index in [4.69, 9.17) is 16.4 Å². The maximum Gasteiger partial charge on any atom is 0.201 e. The highest BCUT2D eigenvalue weighted by Gasteiger charge is 2.20. The first-order chi connectivity index (χ1) is 9.20. The lowest BCUT2D eigenvalue weighted by molar-refractivity contribution is 0.889. The van der Waals surface area contributed by atoms with E-state index >= 15 is 0 Å². The van der Waals surface area contributed by atoms with Crippen molar-refractivity contribution in [3.8, 4) is 6.07 Å². The molecule has 1 aromatic rings. The first-order valence-electron chi connectivity index (χ1n) is 6.12. The molecule has 19 heavy (non-hydrogen) atoms. The van der Waals surface area contributed by atoms with Gasteiger partial charge in [0.2, 0.25) is 5.71 Å². The van der Waals surface area contributed by atoms with Gasteiger partial charge in [-0.15, -0.1) is 0 Å². The van der Waals surface area contributed by atoms with Crippen molar-refractivity contribution in [2.24, 2.45) is 16.8 Å². The second-order valence-corrected chi connectivity index (χ2v) is 4.47. The summed E-state index contributed by atoms with van der Waals surface area (Å²) in [6.07, 6.45) is 2.56. The summed E-state index contributed by atoms with van der Waals surface area (Å²) in [5, 5.41) is 23.1. The number of nitrogens with two attached hydrogens (primary N) is 1. The number of nitrogens with one attached hydrogen (secondary N) is 3. The fourth-order valence-electron chi connectivity index (χ4n) is 1.57. The van der Waals surface area contributed by atoms with E-state index in [1.165, 1.54) is 12.8 Å². The van der Waals surface area contributed by atoms with Crippen LogP contribution in [-0.4, -0.2) is 18.1 Å². The molecule has 1 aromatic carbocycles. The Balaban J connectivity index is 2.06. The maximum absolute atomic E-state index is 8.77. The fraction of sp³-hybridized carbons (Fsp3) is 0.308.